The van der Waals surface area contributed by atoms with Crippen molar-refractivity contribution in [2.24, 2.45) is 5.92 Å². The SMILES string of the molecule is BN1CCN(CCC(C(=O)C2CCCCC2)c2ccccc2)CC1. The van der Waals surface area contributed by atoms with Gasteiger partial charge in [0.1, 0.15) is 5.78 Å². The van der Waals surface area contributed by atoms with Gasteiger partial charge in [-0.15, -0.1) is 0 Å². The molecule has 1 atom stereocenters. The van der Waals surface area contributed by atoms with Crippen molar-refractivity contribution in [1.29, 1.82) is 0 Å². The highest BCUT2D eigenvalue weighted by atomic mass is 16.1. The molecule has 2 fully saturated rings. The number of carbonyl (C=O) groups is 1. The van der Waals surface area contributed by atoms with Crippen molar-refractivity contribution in [3.8, 4) is 0 Å². The van der Waals surface area contributed by atoms with Gasteiger partial charge in [-0.1, -0.05) is 49.6 Å². The Hall–Kier alpha value is -1.13. The second kappa shape index (κ2) is 8.82. The van der Waals surface area contributed by atoms with Crippen LogP contribution >= 0.6 is 0 Å². The first-order valence-electron chi connectivity index (χ1n) is 9.73. The van der Waals surface area contributed by atoms with E-state index in [2.05, 4.69) is 42.0 Å². The Bertz CT molecular complexity index is 508. The van der Waals surface area contributed by atoms with Crippen molar-refractivity contribution in [3.63, 3.8) is 0 Å². The number of hydrogen-bond acceptors (Lipinski definition) is 3. The smallest absolute Gasteiger partial charge is 0.185 e. The van der Waals surface area contributed by atoms with Gasteiger partial charge in [0, 0.05) is 24.9 Å². The normalized spacial score (nSPS) is 22.3. The van der Waals surface area contributed by atoms with E-state index in [1.807, 2.05) is 6.07 Å². The van der Waals surface area contributed by atoms with E-state index >= 15 is 0 Å². The van der Waals surface area contributed by atoms with Crippen LogP contribution < -0.4 is 0 Å². The maximum atomic E-state index is 13.2. The third-order valence-electron chi connectivity index (χ3n) is 5.88. The minimum Gasteiger partial charge on any atom is -0.346 e. The summed E-state index contributed by atoms with van der Waals surface area (Å²) in [4.78, 5) is 18.1. The van der Waals surface area contributed by atoms with E-state index in [0.29, 0.717) is 11.7 Å². The molecule has 0 spiro atoms. The number of ketones is 1. The molecule has 1 saturated carbocycles. The van der Waals surface area contributed by atoms with E-state index in [-0.39, 0.29) is 5.92 Å². The largest absolute Gasteiger partial charge is 0.346 e. The predicted octanol–water partition coefficient (Wildman–Crippen LogP) is 2.48. The van der Waals surface area contributed by atoms with Gasteiger partial charge in [-0.05, 0) is 44.5 Å². The van der Waals surface area contributed by atoms with Crippen molar-refractivity contribution in [2.45, 2.75) is 44.4 Å². The van der Waals surface area contributed by atoms with Gasteiger partial charge in [0.25, 0.3) is 0 Å². The first-order chi connectivity index (χ1) is 11.7. The number of benzene rings is 1. The number of rotatable bonds is 6. The second-order valence-electron chi connectivity index (χ2n) is 7.63. The van der Waals surface area contributed by atoms with Crippen molar-refractivity contribution in [3.05, 3.63) is 35.9 Å². The van der Waals surface area contributed by atoms with Crippen LogP contribution in [0.15, 0.2) is 30.3 Å². The van der Waals surface area contributed by atoms with Crippen molar-refractivity contribution >= 4 is 13.8 Å². The van der Waals surface area contributed by atoms with Gasteiger partial charge in [0.2, 0.25) is 0 Å². The number of hydrogen-bond donors (Lipinski definition) is 0. The molecule has 4 heteroatoms. The quantitative estimate of drug-likeness (QED) is 0.751. The molecule has 1 heterocycles. The van der Waals surface area contributed by atoms with E-state index in [4.69, 9.17) is 0 Å². The summed E-state index contributed by atoms with van der Waals surface area (Å²) in [7, 11) is 2.19. The minimum absolute atomic E-state index is 0.0916. The Morgan fingerprint density at radius 2 is 1.71 bits per heavy atom. The molecule has 2 aliphatic rings. The van der Waals surface area contributed by atoms with Gasteiger partial charge in [0.05, 0.1) is 0 Å². The summed E-state index contributed by atoms with van der Waals surface area (Å²) in [5.41, 5.74) is 1.22. The van der Waals surface area contributed by atoms with E-state index in [1.165, 1.54) is 24.8 Å². The molecule has 0 amide bonds. The maximum Gasteiger partial charge on any atom is 0.185 e. The van der Waals surface area contributed by atoms with Crippen LogP contribution in [0.1, 0.15) is 50.0 Å². The fourth-order valence-corrected chi connectivity index (χ4v) is 4.21. The molecule has 24 heavy (non-hydrogen) atoms. The van der Waals surface area contributed by atoms with Crippen LogP contribution in [-0.4, -0.2) is 56.2 Å². The topological polar surface area (TPSA) is 23.6 Å². The average Bonchev–Trinajstić information content (AvgIpc) is 2.65. The molecular weight excluding hydrogens is 295 g/mol. The number of carbonyl (C=O) groups excluding carboxylic acids is 1. The van der Waals surface area contributed by atoms with Crippen molar-refractivity contribution in [2.75, 3.05) is 32.7 Å². The van der Waals surface area contributed by atoms with E-state index in [9.17, 15) is 4.79 Å². The molecular formula is C20H31BN2O. The number of nitrogens with zero attached hydrogens (tertiary/aromatic N) is 2. The van der Waals surface area contributed by atoms with Crippen LogP contribution in [0.5, 0.6) is 0 Å². The Balaban J connectivity index is 1.64. The lowest BCUT2D eigenvalue weighted by atomic mass is 9.78. The van der Waals surface area contributed by atoms with Gasteiger partial charge in [-0.25, -0.2) is 0 Å². The molecule has 3 nitrogen and oxygen atoms in total. The highest BCUT2D eigenvalue weighted by Gasteiger charge is 2.29. The highest BCUT2D eigenvalue weighted by molar-refractivity contribution is 6.04. The summed E-state index contributed by atoms with van der Waals surface area (Å²) < 4.78 is 0. The molecule has 1 aromatic rings. The lowest BCUT2D eigenvalue weighted by molar-refractivity contribution is -0.125. The van der Waals surface area contributed by atoms with Gasteiger partial charge >= 0.3 is 0 Å². The monoisotopic (exact) mass is 326 g/mol. The summed E-state index contributed by atoms with van der Waals surface area (Å²) in [5, 5.41) is 0. The molecule has 130 valence electrons. The Morgan fingerprint density at radius 1 is 1.04 bits per heavy atom. The summed E-state index contributed by atoms with van der Waals surface area (Å²) in [5.74, 6) is 0.903. The lowest BCUT2D eigenvalue weighted by Crippen LogP contribution is -2.45. The summed E-state index contributed by atoms with van der Waals surface area (Å²) in [6, 6.07) is 10.5. The maximum absolute atomic E-state index is 13.2. The average molecular weight is 326 g/mol. The molecule has 0 N–H and O–H groups in total. The summed E-state index contributed by atoms with van der Waals surface area (Å²) in [6.07, 6.45) is 6.96. The molecule has 1 aliphatic carbocycles. The Labute approximate surface area is 147 Å². The predicted molar refractivity (Wildman–Crippen MR) is 102 cm³/mol. The van der Waals surface area contributed by atoms with Gasteiger partial charge in [0.15, 0.2) is 7.98 Å². The van der Waals surface area contributed by atoms with Crippen LogP contribution in [0.25, 0.3) is 0 Å². The fraction of sp³-hybridized carbons (Fsp3) is 0.650. The number of piperazine rings is 1. The van der Waals surface area contributed by atoms with Crippen molar-refractivity contribution in [1.82, 2.24) is 9.71 Å². The zero-order chi connectivity index (χ0) is 16.8. The Morgan fingerprint density at radius 3 is 2.38 bits per heavy atom. The third-order valence-corrected chi connectivity index (χ3v) is 5.88. The second-order valence-corrected chi connectivity index (χ2v) is 7.63. The van der Waals surface area contributed by atoms with Crippen molar-refractivity contribution < 1.29 is 4.79 Å². The van der Waals surface area contributed by atoms with Gasteiger partial charge in [-0.2, -0.15) is 0 Å². The van der Waals surface area contributed by atoms with Gasteiger partial charge < -0.3 is 9.71 Å². The van der Waals surface area contributed by atoms with Crippen LogP contribution in [0.2, 0.25) is 0 Å². The molecule has 3 rings (SSSR count). The van der Waals surface area contributed by atoms with Crippen LogP contribution in [0.3, 0.4) is 0 Å². The molecule has 0 radical (unpaired) electrons. The molecule has 0 aromatic heterocycles. The van der Waals surface area contributed by atoms with Crippen LogP contribution in [-0.2, 0) is 4.79 Å². The van der Waals surface area contributed by atoms with Gasteiger partial charge in [-0.3, -0.25) is 4.79 Å². The molecule has 1 unspecified atom stereocenters. The summed E-state index contributed by atoms with van der Waals surface area (Å²) >= 11 is 0. The molecule has 0 bridgehead atoms. The lowest BCUT2D eigenvalue weighted by Gasteiger charge is -2.34. The standard InChI is InChI=1S/C20H31BN2O/c21-23-15-13-22(14-16-23)12-11-19(17-7-3-1-4-8-17)20(24)18-9-5-2-6-10-18/h1,3-4,7-8,18-19H,2,5-6,9-16,21H2. The molecule has 1 aliphatic heterocycles. The first kappa shape index (κ1) is 17.7. The zero-order valence-electron chi connectivity index (χ0n) is 15.1. The molecule has 1 saturated heterocycles. The first-order valence-corrected chi connectivity index (χ1v) is 9.73. The van der Waals surface area contributed by atoms with E-state index < -0.39 is 0 Å². The zero-order valence-corrected chi connectivity index (χ0v) is 15.1. The van der Waals surface area contributed by atoms with Crippen LogP contribution in [0, 0.1) is 5.92 Å². The fourth-order valence-electron chi connectivity index (χ4n) is 4.21. The van der Waals surface area contributed by atoms with E-state index in [0.717, 1.165) is 52.0 Å². The summed E-state index contributed by atoms with van der Waals surface area (Å²) in [6.45, 7) is 5.61. The minimum atomic E-state index is 0.0916. The van der Waals surface area contributed by atoms with E-state index in [1.54, 1.807) is 0 Å². The highest BCUT2D eigenvalue weighted by Crippen LogP contribution is 2.32. The number of Topliss-reactive ketones (excluding diaryl/α,β-unsaturated/α-hetero) is 1. The Kier molecular flexibility index (Phi) is 6.50. The third kappa shape index (κ3) is 4.70. The molecule has 1 aromatic carbocycles. The van der Waals surface area contributed by atoms with Crippen LogP contribution in [0.4, 0.5) is 0 Å².